The second-order valence-electron chi connectivity index (χ2n) is 3.63. The van der Waals surface area contributed by atoms with E-state index < -0.39 is 23.7 Å². The maximum absolute atomic E-state index is 13.5. The fraction of sp³-hybridized carbons (Fsp3) is 0.0833. The number of ether oxygens (including phenoxy) is 1. The van der Waals surface area contributed by atoms with E-state index in [-0.39, 0.29) is 11.3 Å². The van der Waals surface area contributed by atoms with Crippen molar-refractivity contribution in [1.82, 2.24) is 9.97 Å². The number of halogens is 4. The molecule has 0 N–H and O–H groups in total. The van der Waals surface area contributed by atoms with E-state index in [0.717, 1.165) is 24.4 Å². The molecule has 2 aromatic rings. The van der Waals surface area contributed by atoms with Crippen LogP contribution in [0.15, 0.2) is 30.5 Å². The van der Waals surface area contributed by atoms with E-state index in [4.69, 9.17) is 4.74 Å². The van der Waals surface area contributed by atoms with Gasteiger partial charge in [-0.15, -0.1) is 0 Å². The fourth-order valence-electron chi connectivity index (χ4n) is 1.32. The summed E-state index contributed by atoms with van der Waals surface area (Å²) in [6.45, 7) is 0. The van der Waals surface area contributed by atoms with Crippen molar-refractivity contribution in [2.75, 3.05) is 0 Å². The summed E-state index contributed by atoms with van der Waals surface area (Å²) in [4.78, 5) is 16.6. The molecule has 0 radical (unpaired) electrons. The second-order valence-corrected chi connectivity index (χ2v) is 3.63. The molecule has 0 amide bonds. The molecule has 0 aliphatic heterocycles. The zero-order chi connectivity index (χ0) is 14.8. The van der Waals surface area contributed by atoms with E-state index in [1.165, 1.54) is 6.07 Å². The first-order valence-corrected chi connectivity index (χ1v) is 5.23. The molecule has 4 nitrogen and oxygen atoms in total. The number of alkyl halides is 3. The number of carbonyl (C=O) groups is 1. The minimum atomic E-state index is -4.72. The summed E-state index contributed by atoms with van der Waals surface area (Å²) in [5.41, 5.74) is 0.0773. The molecular formula is C12H6F4N2O2. The van der Waals surface area contributed by atoms with Crippen molar-refractivity contribution in [1.29, 1.82) is 0 Å². The maximum Gasteiger partial charge on any atom is 0.451 e. The molecule has 0 atom stereocenters. The minimum Gasteiger partial charge on any atom is -0.436 e. The maximum atomic E-state index is 13.5. The monoisotopic (exact) mass is 286 g/mol. The van der Waals surface area contributed by atoms with Gasteiger partial charge in [0.05, 0.1) is 0 Å². The third-order valence-corrected chi connectivity index (χ3v) is 2.19. The van der Waals surface area contributed by atoms with Crippen LogP contribution in [0.2, 0.25) is 0 Å². The zero-order valence-corrected chi connectivity index (χ0v) is 9.69. The molecular weight excluding hydrogens is 280 g/mol. The lowest BCUT2D eigenvalue weighted by Crippen LogP contribution is -2.11. The van der Waals surface area contributed by atoms with Gasteiger partial charge >= 0.3 is 6.18 Å². The zero-order valence-electron chi connectivity index (χ0n) is 9.69. The van der Waals surface area contributed by atoms with Gasteiger partial charge in [0.25, 0.3) is 0 Å². The van der Waals surface area contributed by atoms with Gasteiger partial charge in [-0.05, 0) is 18.2 Å². The molecule has 0 spiro atoms. The Balaban J connectivity index is 2.28. The van der Waals surface area contributed by atoms with Crippen LogP contribution in [-0.4, -0.2) is 16.3 Å². The summed E-state index contributed by atoms with van der Waals surface area (Å²) in [5, 5.41) is 0. The lowest BCUT2D eigenvalue weighted by molar-refractivity contribution is -0.145. The lowest BCUT2D eigenvalue weighted by Gasteiger charge is -2.08. The average molecular weight is 286 g/mol. The van der Waals surface area contributed by atoms with Crippen molar-refractivity contribution in [3.8, 4) is 11.6 Å². The normalized spacial score (nSPS) is 11.2. The van der Waals surface area contributed by atoms with Crippen molar-refractivity contribution in [3.05, 3.63) is 47.7 Å². The Kier molecular flexibility index (Phi) is 3.64. The number of nitrogens with zero attached hydrogens (tertiary/aromatic N) is 2. The fourth-order valence-corrected chi connectivity index (χ4v) is 1.32. The highest BCUT2D eigenvalue weighted by Gasteiger charge is 2.34. The van der Waals surface area contributed by atoms with Crippen LogP contribution in [-0.2, 0) is 6.18 Å². The third kappa shape index (κ3) is 3.08. The Bertz CT molecular complexity index is 644. The van der Waals surface area contributed by atoms with Crippen LogP contribution >= 0.6 is 0 Å². The predicted octanol–water partition coefficient (Wildman–Crippen LogP) is 3.24. The highest BCUT2D eigenvalue weighted by atomic mass is 19.4. The molecule has 1 heterocycles. The van der Waals surface area contributed by atoms with Crippen LogP contribution in [0.4, 0.5) is 17.6 Å². The summed E-state index contributed by atoms with van der Waals surface area (Å²) in [6, 6.07) is 4.34. The number of carbonyl (C=O) groups excluding carboxylic acids is 1. The topological polar surface area (TPSA) is 52.1 Å². The van der Waals surface area contributed by atoms with Crippen LogP contribution in [0, 0.1) is 5.82 Å². The Labute approximate surface area is 110 Å². The molecule has 0 unspecified atom stereocenters. The number of benzene rings is 1. The molecule has 1 aromatic heterocycles. The average Bonchev–Trinajstić information content (AvgIpc) is 2.40. The molecule has 104 valence electrons. The molecule has 8 heteroatoms. The first-order chi connectivity index (χ1) is 9.40. The number of aromatic nitrogens is 2. The third-order valence-electron chi connectivity index (χ3n) is 2.19. The van der Waals surface area contributed by atoms with Gasteiger partial charge in [-0.25, -0.2) is 9.37 Å². The van der Waals surface area contributed by atoms with Gasteiger partial charge in [-0.2, -0.15) is 18.2 Å². The van der Waals surface area contributed by atoms with Gasteiger partial charge in [0.2, 0.25) is 11.7 Å². The molecule has 0 saturated heterocycles. The Morgan fingerprint density at radius 2 is 1.95 bits per heavy atom. The van der Waals surface area contributed by atoms with E-state index in [9.17, 15) is 22.4 Å². The predicted molar refractivity (Wildman–Crippen MR) is 58.9 cm³/mol. The van der Waals surface area contributed by atoms with Crippen molar-refractivity contribution in [2.45, 2.75) is 6.18 Å². The molecule has 0 aliphatic carbocycles. The van der Waals surface area contributed by atoms with Crippen LogP contribution < -0.4 is 4.74 Å². The van der Waals surface area contributed by atoms with Crippen LogP contribution in [0.5, 0.6) is 11.6 Å². The molecule has 1 aromatic carbocycles. The Hall–Kier alpha value is -2.51. The minimum absolute atomic E-state index is 0.0773. The number of aldehydes is 1. The number of rotatable bonds is 3. The quantitative estimate of drug-likeness (QED) is 0.642. The number of hydrogen-bond acceptors (Lipinski definition) is 4. The largest absolute Gasteiger partial charge is 0.451 e. The van der Waals surface area contributed by atoms with Crippen molar-refractivity contribution < 1.29 is 27.1 Å². The Morgan fingerprint density at radius 3 is 2.55 bits per heavy atom. The van der Waals surface area contributed by atoms with Gasteiger partial charge in [0.1, 0.15) is 6.29 Å². The summed E-state index contributed by atoms with van der Waals surface area (Å²) in [5.74, 6) is -3.07. The van der Waals surface area contributed by atoms with E-state index >= 15 is 0 Å². The van der Waals surface area contributed by atoms with E-state index in [1.54, 1.807) is 0 Å². The SMILES string of the molecule is O=Cc1ccc(Oc2ccnc(C(F)(F)F)n2)c(F)c1. The van der Waals surface area contributed by atoms with Crippen molar-refractivity contribution >= 4 is 6.29 Å². The van der Waals surface area contributed by atoms with Gasteiger partial charge in [-0.1, -0.05) is 0 Å². The van der Waals surface area contributed by atoms with E-state index in [2.05, 4.69) is 9.97 Å². The summed E-state index contributed by atoms with van der Waals surface area (Å²) >= 11 is 0. The molecule has 0 bridgehead atoms. The van der Waals surface area contributed by atoms with Gasteiger partial charge < -0.3 is 4.74 Å². The van der Waals surface area contributed by atoms with E-state index in [0.29, 0.717) is 6.29 Å². The number of hydrogen-bond donors (Lipinski definition) is 0. The van der Waals surface area contributed by atoms with Crippen LogP contribution in [0.25, 0.3) is 0 Å². The van der Waals surface area contributed by atoms with Gasteiger partial charge in [0, 0.05) is 17.8 Å². The Morgan fingerprint density at radius 1 is 1.20 bits per heavy atom. The lowest BCUT2D eigenvalue weighted by atomic mass is 10.2. The smallest absolute Gasteiger partial charge is 0.436 e. The van der Waals surface area contributed by atoms with Crippen LogP contribution in [0.1, 0.15) is 16.2 Å². The van der Waals surface area contributed by atoms with Crippen molar-refractivity contribution in [2.24, 2.45) is 0 Å². The summed E-state index contributed by atoms with van der Waals surface area (Å²) in [6.07, 6.45) is -3.44. The highest BCUT2D eigenvalue weighted by Crippen LogP contribution is 2.29. The van der Waals surface area contributed by atoms with Crippen LogP contribution in [0.3, 0.4) is 0 Å². The standard InChI is InChI=1S/C12H6F4N2O2/c13-8-5-7(6-19)1-2-9(8)20-10-3-4-17-11(18-10)12(14,15)16/h1-6H. The van der Waals surface area contributed by atoms with Gasteiger partial charge in [-0.3, -0.25) is 4.79 Å². The van der Waals surface area contributed by atoms with Crippen molar-refractivity contribution in [3.63, 3.8) is 0 Å². The van der Waals surface area contributed by atoms with Gasteiger partial charge in [0.15, 0.2) is 11.6 Å². The molecule has 2 rings (SSSR count). The molecule has 0 aliphatic rings. The first kappa shape index (κ1) is 13.9. The molecule has 0 saturated carbocycles. The highest BCUT2D eigenvalue weighted by molar-refractivity contribution is 5.75. The molecule has 0 fully saturated rings. The summed E-state index contributed by atoms with van der Waals surface area (Å²) in [7, 11) is 0. The second kappa shape index (κ2) is 5.24. The van der Waals surface area contributed by atoms with E-state index in [1.807, 2.05) is 0 Å². The molecule has 20 heavy (non-hydrogen) atoms. The summed E-state index contributed by atoms with van der Waals surface area (Å²) < 4.78 is 55.6. The first-order valence-electron chi connectivity index (χ1n) is 5.23.